The van der Waals surface area contributed by atoms with Crippen molar-refractivity contribution in [3.8, 4) is 11.6 Å². The Balaban J connectivity index is 1.43. The van der Waals surface area contributed by atoms with Crippen LogP contribution in [0.1, 0.15) is 53.4 Å². The van der Waals surface area contributed by atoms with Crippen LogP contribution in [0.2, 0.25) is 0 Å². The lowest BCUT2D eigenvalue weighted by atomic mass is 10.1. The molecule has 2 aromatic rings. The summed E-state index contributed by atoms with van der Waals surface area (Å²) in [5, 5.41) is 3.30. The zero-order valence-electron chi connectivity index (χ0n) is 27.1. The minimum atomic E-state index is -3.97. The van der Waals surface area contributed by atoms with Crippen LogP contribution in [0.4, 0.5) is 9.59 Å². The number of nitrogens with zero attached hydrogens (tertiary/aromatic N) is 3. The van der Waals surface area contributed by atoms with E-state index in [0.717, 1.165) is 10.3 Å². The number of carbonyl (C=O) groups excluding carboxylic acids is 4. The van der Waals surface area contributed by atoms with Crippen molar-refractivity contribution in [1.29, 1.82) is 0 Å². The number of aromatic nitrogens is 1. The molecule has 254 valence electrons. The highest BCUT2D eigenvalue weighted by Crippen LogP contribution is 2.39. The molecular weight excluding hydrogens is 630 g/mol. The molecule has 2 saturated carbocycles. The van der Waals surface area contributed by atoms with Gasteiger partial charge in [-0.2, -0.15) is 0 Å². The predicted molar refractivity (Wildman–Crippen MR) is 171 cm³/mol. The first kappa shape index (κ1) is 33.9. The van der Waals surface area contributed by atoms with E-state index in [1.807, 2.05) is 6.07 Å². The Morgan fingerprint density at radius 3 is 2.49 bits per heavy atom. The number of amides is 5. The minimum Gasteiger partial charge on any atom is -0.497 e. The van der Waals surface area contributed by atoms with E-state index in [2.05, 4.69) is 21.6 Å². The summed E-state index contributed by atoms with van der Waals surface area (Å²) >= 11 is 0. The Bertz CT molecular complexity index is 1690. The molecule has 2 heterocycles. The van der Waals surface area contributed by atoms with Gasteiger partial charge >= 0.3 is 12.1 Å². The number of pyridine rings is 1. The van der Waals surface area contributed by atoms with Crippen LogP contribution in [0.15, 0.2) is 43.1 Å². The quantitative estimate of drug-likeness (QED) is 0.358. The first-order valence-electron chi connectivity index (χ1n) is 15.5. The molecule has 1 saturated heterocycles. The second kappa shape index (κ2) is 13.0. The van der Waals surface area contributed by atoms with E-state index in [-0.39, 0.29) is 24.8 Å². The van der Waals surface area contributed by atoms with Crippen molar-refractivity contribution in [1.82, 2.24) is 24.8 Å². The van der Waals surface area contributed by atoms with Gasteiger partial charge in [0.25, 0.3) is 5.91 Å². The normalized spacial score (nSPS) is 23.0. The fourth-order valence-corrected chi connectivity index (χ4v) is 6.89. The molecule has 14 nitrogen and oxygen atoms in total. The fourth-order valence-electron chi connectivity index (χ4n) is 5.62. The molecule has 5 amide bonds. The Morgan fingerprint density at radius 1 is 1.15 bits per heavy atom. The number of alkyl carbamates (subject to hydrolysis) is 1. The second-order valence-electron chi connectivity index (χ2n) is 13.1. The number of urea groups is 1. The van der Waals surface area contributed by atoms with Crippen LogP contribution in [-0.2, 0) is 24.3 Å². The fraction of sp³-hybridized carbons (Fsp3) is 0.531. The Labute approximate surface area is 273 Å². The molecule has 3 fully saturated rings. The standard InChI is InChI=1S/C32H41N5O9S/c1-7-19-15-25(19)37(30(40)35-47(42,43)23-9-10-23)29(39)26-16-22(17-36(26)28(38)18(2)34-31(41)46-32(3,4)5)45-27-24-11-8-21(44-6)14-20(24)12-13-33-27/h7-8,11-14,18-19,22-23,25-26H,1,9-10,15-17H2,2-6H3,(H,34,41)(H,35,40). The highest BCUT2D eigenvalue weighted by molar-refractivity contribution is 7.90. The maximum absolute atomic E-state index is 14.3. The lowest BCUT2D eigenvalue weighted by Crippen LogP contribution is -2.57. The maximum Gasteiger partial charge on any atom is 0.408 e. The monoisotopic (exact) mass is 671 g/mol. The second-order valence-corrected chi connectivity index (χ2v) is 15.1. The third kappa shape index (κ3) is 7.77. The summed E-state index contributed by atoms with van der Waals surface area (Å²) in [6, 6.07) is 3.14. The largest absolute Gasteiger partial charge is 0.497 e. The van der Waals surface area contributed by atoms with Crippen molar-refractivity contribution in [2.75, 3.05) is 13.7 Å². The van der Waals surface area contributed by atoms with Crippen molar-refractivity contribution >= 4 is 44.7 Å². The van der Waals surface area contributed by atoms with Gasteiger partial charge in [-0.15, -0.1) is 6.58 Å². The SMILES string of the molecule is C=CC1CC1N(C(=O)NS(=O)(=O)C1CC1)C(=O)C1CC(Oc2nccc3cc(OC)ccc23)CN1C(=O)C(C)NC(=O)OC(C)(C)C. The van der Waals surface area contributed by atoms with Crippen molar-refractivity contribution in [3.63, 3.8) is 0 Å². The van der Waals surface area contributed by atoms with Gasteiger partial charge in [0.1, 0.15) is 29.5 Å². The smallest absolute Gasteiger partial charge is 0.408 e. The average molecular weight is 672 g/mol. The molecular formula is C32H41N5O9S. The van der Waals surface area contributed by atoms with Crippen LogP contribution in [0, 0.1) is 5.92 Å². The number of rotatable bonds is 10. The third-order valence-corrected chi connectivity index (χ3v) is 10.0. The molecule has 1 aliphatic heterocycles. The number of imide groups is 1. The summed E-state index contributed by atoms with van der Waals surface area (Å²) < 4.78 is 44.3. The van der Waals surface area contributed by atoms with Gasteiger partial charge < -0.3 is 24.4 Å². The molecule has 0 bridgehead atoms. The van der Waals surface area contributed by atoms with Crippen LogP contribution in [0.5, 0.6) is 11.6 Å². The van der Waals surface area contributed by atoms with Gasteiger partial charge in [0.15, 0.2) is 0 Å². The molecule has 15 heteroatoms. The molecule has 0 spiro atoms. The highest BCUT2D eigenvalue weighted by Gasteiger charge is 2.52. The zero-order valence-corrected chi connectivity index (χ0v) is 27.9. The summed E-state index contributed by atoms with van der Waals surface area (Å²) in [5.41, 5.74) is -0.811. The Morgan fingerprint density at radius 2 is 1.87 bits per heavy atom. The van der Waals surface area contributed by atoms with Crippen LogP contribution in [0.25, 0.3) is 10.8 Å². The predicted octanol–water partition coefficient (Wildman–Crippen LogP) is 3.11. The zero-order chi connectivity index (χ0) is 34.3. The summed E-state index contributed by atoms with van der Waals surface area (Å²) in [5.74, 6) is -0.685. The molecule has 1 aromatic heterocycles. The summed E-state index contributed by atoms with van der Waals surface area (Å²) in [7, 11) is -2.41. The first-order valence-corrected chi connectivity index (χ1v) is 17.1. The topological polar surface area (TPSA) is 174 Å². The van der Waals surface area contributed by atoms with E-state index in [1.165, 1.54) is 11.8 Å². The molecule has 0 radical (unpaired) electrons. The number of hydrogen-bond acceptors (Lipinski definition) is 10. The molecule has 5 unspecified atom stereocenters. The number of ether oxygens (including phenoxy) is 3. The minimum absolute atomic E-state index is 0.0252. The van der Waals surface area contributed by atoms with E-state index >= 15 is 0 Å². The summed E-state index contributed by atoms with van der Waals surface area (Å²) in [6.45, 7) is 10.2. The Kier molecular flexibility index (Phi) is 9.40. The highest BCUT2D eigenvalue weighted by atomic mass is 32.2. The average Bonchev–Trinajstić information content (AvgIpc) is 3.93. The third-order valence-electron chi connectivity index (χ3n) is 8.24. The molecule has 1 aromatic carbocycles. The van der Waals surface area contributed by atoms with Gasteiger partial charge in [-0.3, -0.25) is 14.5 Å². The van der Waals surface area contributed by atoms with Crippen LogP contribution in [0.3, 0.4) is 0 Å². The van der Waals surface area contributed by atoms with Crippen LogP contribution in [-0.4, -0.2) is 95.9 Å². The van der Waals surface area contributed by atoms with Gasteiger partial charge in [0, 0.05) is 24.0 Å². The molecule has 2 N–H and O–H groups in total. The van der Waals surface area contributed by atoms with Gasteiger partial charge in [-0.25, -0.2) is 27.7 Å². The van der Waals surface area contributed by atoms with Gasteiger partial charge in [-0.1, -0.05) is 6.08 Å². The molecule has 47 heavy (non-hydrogen) atoms. The number of benzene rings is 1. The van der Waals surface area contributed by atoms with Crippen LogP contribution >= 0.6 is 0 Å². The number of carbonyl (C=O) groups is 4. The van der Waals surface area contributed by atoms with E-state index in [0.29, 0.717) is 30.4 Å². The van der Waals surface area contributed by atoms with E-state index < -0.39 is 69.0 Å². The summed E-state index contributed by atoms with van der Waals surface area (Å²) in [6.07, 6.45) is 2.85. The molecule has 2 aliphatic carbocycles. The number of methoxy groups -OCH3 is 1. The molecule has 5 atom stereocenters. The van der Waals surface area contributed by atoms with Crippen molar-refractivity contribution in [2.24, 2.45) is 5.92 Å². The summed E-state index contributed by atoms with van der Waals surface area (Å²) in [4.78, 5) is 60.6. The first-order chi connectivity index (χ1) is 22.1. The number of sulfonamides is 1. The Hall–Kier alpha value is -4.40. The number of nitrogens with one attached hydrogen (secondary N) is 2. The maximum atomic E-state index is 14.3. The lowest BCUT2D eigenvalue weighted by Gasteiger charge is -2.31. The van der Waals surface area contributed by atoms with Crippen molar-refractivity contribution < 1.29 is 41.8 Å². The molecule has 3 aliphatic rings. The van der Waals surface area contributed by atoms with E-state index in [4.69, 9.17) is 14.2 Å². The van der Waals surface area contributed by atoms with Crippen LogP contribution < -0.4 is 19.5 Å². The lowest BCUT2D eigenvalue weighted by molar-refractivity contribution is -0.143. The number of likely N-dealkylation sites (tertiary alicyclic amines) is 1. The number of hydrogen-bond donors (Lipinski definition) is 2. The van der Waals surface area contributed by atoms with Gasteiger partial charge in [-0.05, 0) is 82.5 Å². The number of fused-ring (bicyclic) bond motifs is 1. The van der Waals surface area contributed by atoms with Crippen molar-refractivity contribution in [2.45, 2.75) is 88.5 Å². The van der Waals surface area contributed by atoms with Crippen molar-refractivity contribution in [3.05, 3.63) is 43.1 Å². The van der Waals surface area contributed by atoms with Gasteiger partial charge in [0.2, 0.25) is 21.8 Å². The molecule has 5 rings (SSSR count). The van der Waals surface area contributed by atoms with E-state index in [9.17, 15) is 27.6 Å². The van der Waals surface area contributed by atoms with E-state index in [1.54, 1.807) is 58.4 Å². The van der Waals surface area contributed by atoms with Gasteiger partial charge in [0.05, 0.1) is 18.9 Å².